The molecule has 0 fully saturated rings. The highest BCUT2D eigenvalue weighted by atomic mass is 32.2. The molecule has 1 rings (SSSR count). The quantitative estimate of drug-likeness (QED) is 0.803. The monoisotopic (exact) mass is 256 g/mol. The zero-order valence-corrected chi connectivity index (χ0v) is 11.1. The Morgan fingerprint density at radius 1 is 1.29 bits per heavy atom. The lowest BCUT2D eigenvalue weighted by molar-refractivity contribution is 0.441. The van der Waals surface area contributed by atoms with Gasteiger partial charge in [-0.25, -0.2) is 13.1 Å². The normalized spacial score (nSPS) is 15.5. The van der Waals surface area contributed by atoms with Gasteiger partial charge >= 0.3 is 0 Å². The van der Waals surface area contributed by atoms with Gasteiger partial charge in [-0.15, -0.1) is 0 Å². The number of hydrogen-bond donors (Lipinski definition) is 2. The first-order valence-corrected chi connectivity index (χ1v) is 7.36. The summed E-state index contributed by atoms with van der Waals surface area (Å²) in [6.45, 7) is 3.86. The average Bonchev–Trinajstić information content (AvgIpc) is 2.29. The zero-order chi connectivity index (χ0) is 12.9. The summed E-state index contributed by atoms with van der Waals surface area (Å²) in [6.07, 6.45) is 0.588. The Kier molecular flexibility index (Phi) is 4.68. The van der Waals surface area contributed by atoms with Crippen LogP contribution < -0.4 is 10.5 Å². The molecule has 17 heavy (non-hydrogen) atoms. The molecule has 1 unspecified atom stereocenters. The van der Waals surface area contributed by atoms with Crippen molar-refractivity contribution in [3.8, 4) is 0 Å². The van der Waals surface area contributed by atoms with Gasteiger partial charge in [0.25, 0.3) is 0 Å². The zero-order valence-electron chi connectivity index (χ0n) is 10.3. The highest BCUT2D eigenvalue weighted by molar-refractivity contribution is 7.89. The first-order valence-electron chi connectivity index (χ1n) is 5.71. The number of rotatable bonds is 6. The van der Waals surface area contributed by atoms with Crippen molar-refractivity contribution in [1.82, 2.24) is 4.72 Å². The lowest BCUT2D eigenvalue weighted by Gasteiger charge is -2.29. The second-order valence-electron chi connectivity index (χ2n) is 4.32. The first kappa shape index (κ1) is 14.2. The maximum atomic E-state index is 11.8. The van der Waals surface area contributed by atoms with E-state index in [2.05, 4.69) is 4.72 Å². The molecule has 0 amide bonds. The molecule has 1 aromatic rings. The fourth-order valence-electron chi connectivity index (χ4n) is 1.69. The van der Waals surface area contributed by atoms with Gasteiger partial charge in [-0.3, -0.25) is 0 Å². The minimum Gasteiger partial charge on any atom is -0.328 e. The van der Waals surface area contributed by atoms with Crippen LogP contribution in [0.15, 0.2) is 30.3 Å². The van der Waals surface area contributed by atoms with E-state index in [1.807, 2.05) is 37.3 Å². The van der Waals surface area contributed by atoms with Gasteiger partial charge in [0.2, 0.25) is 10.0 Å². The predicted octanol–water partition coefficient (Wildman–Crippen LogP) is 1.19. The van der Waals surface area contributed by atoms with Crippen LogP contribution in [0.5, 0.6) is 0 Å². The predicted molar refractivity (Wildman–Crippen MR) is 70.1 cm³/mol. The molecule has 0 saturated heterocycles. The molecule has 0 radical (unpaired) electrons. The third-order valence-electron chi connectivity index (χ3n) is 2.67. The van der Waals surface area contributed by atoms with Gasteiger partial charge in [-0.05, 0) is 18.9 Å². The van der Waals surface area contributed by atoms with Crippen molar-refractivity contribution in [1.29, 1.82) is 0 Å². The second-order valence-corrected chi connectivity index (χ2v) is 6.17. The summed E-state index contributed by atoms with van der Waals surface area (Å²) in [7, 11) is -3.28. The lowest BCUT2D eigenvalue weighted by atomic mass is 9.94. The van der Waals surface area contributed by atoms with Crippen molar-refractivity contribution >= 4 is 10.0 Å². The van der Waals surface area contributed by atoms with Crippen LogP contribution in [0.3, 0.4) is 0 Å². The highest BCUT2D eigenvalue weighted by Crippen LogP contribution is 2.20. The molecule has 0 spiro atoms. The molecule has 0 bridgehead atoms. The van der Waals surface area contributed by atoms with Crippen LogP contribution >= 0.6 is 0 Å². The van der Waals surface area contributed by atoms with Crippen molar-refractivity contribution < 1.29 is 8.42 Å². The van der Waals surface area contributed by atoms with Gasteiger partial charge in [0.15, 0.2) is 0 Å². The van der Waals surface area contributed by atoms with E-state index in [0.29, 0.717) is 6.42 Å². The van der Waals surface area contributed by atoms with Gasteiger partial charge < -0.3 is 5.73 Å². The van der Waals surface area contributed by atoms with Crippen molar-refractivity contribution in [3.63, 3.8) is 0 Å². The summed E-state index contributed by atoms with van der Waals surface area (Å²) in [4.78, 5) is 0. The van der Waals surface area contributed by atoms with E-state index in [1.165, 1.54) is 0 Å². The molecule has 96 valence electrons. The third kappa shape index (κ3) is 3.80. The van der Waals surface area contributed by atoms with E-state index in [0.717, 1.165) is 5.56 Å². The summed E-state index contributed by atoms with van der Waals surface area (Å²) in [5, 5.41) is 0. The molecule has 0 saturated carbocycles. The Morgan fingerprint density at radius 2 is 1.88 bits per heavy atom. The number of benzene rings is 1. The van der Waals surface area contributed by atoms with Crippen LogP contribution in [0, 0.1) is 0 Å². The molecular formula is C12H20N2O2S. The second kappa shape index (κ2) is 5.62. The lowest BCUT2D eigenvalue weighted by Crippen LogP contribution is -2.49. The summed E-state index contributed by atoms with van der Waals surface area (Å²) in [5.74, 6) is 0.120. The summed E-state index contributed by atoms with van der Waals surface area (Å²) >= 11 is 0. The van der Waals surface area contributed by atoms with Gasteiger partial charge in [-0.2, -0.15) is 0 Å². The van der Waals surface area contributed by atoms with E-state index in [9.17, 15) is 8.42 Å². The number of hydrogen-bond acceptors (Lipinski definition) is 3. The van der Waals surface area contributed by atoms with Crippen molar-refractivity contribution in [2.45, 2.75) is 25.8 Å². The van der Waals surface area contributed by atoms with Crippen LogP contribution in [0.1, 0.15) is 25.8 Å². The Hall–Kier alpha value is -0.910. The fraction of sp³-hybridized carbons (Fsp3) is 0.500. The third-order valence-corrected chi connectivity index (χ3v) is 4.38. The number of nitrogens with two attached hydrogens (primary N) is 1. The molecule has 3 N–H and O–H groups in total. The molecule has 1 aromatic carbocycles. The van der Waals surface area contributed by atoms with Crippen molar-refractivity contribution in [2.75, 3.05) is 12.3 Å². The standard InChI is InChI=1S/C12H20N2O2S/c1-3-9-17(15,16)14-12(2,10-13)11-7-5-4-6-8-11/h4-8,14H,3,9-10,13H2,1-2H3. The van der Waals surface area contributed by atoms with E-state index >= 15 is 0 Å². The van der Waals surface area contributed by atoms with Gasteiger partial charge in [0.1, 0.15) is 0 Å². The largest absolute Gasteiger partial charge is 0.328 e. The first-order chi connectivity index (χ1) is 7.93. The minimum atomic E-state index is -3.28. The minimum absolute atomic E-state index is 0.120. The molecule has 0 aliphatic carbocycles. The number of sulfonamides is 1. The summed E-state index contributed by atoms with van der Waals surface area (Å²) in [5.41, 5.74) is 5.85. The molecule has 0 heterocycles. The van der Waals surface area contributed by atoms with Gasteiger partial charge in [0.05, 0.1) is 11.3 Å². The topological polar surface area (TPSA) is 72.2 Å². The number of nitrogens with one attached hydrogen (secondary N) is 1. The SMILES string of the molecule is CCCS(=O)(=O)NC(C)(CN)c1ccccc1. The van der Waals surface area contributed by atoms with Crippen LogP contribution in [0.4, 0.5) is 0 Å². The molecule has 0 aliphatic heterocycles. The molecule has 5 heteroatoms. The van der Waals surface area contributed by atoms with Gasteiger partial charge in [-0.1, -0.05) is 37.3 Å². The van der Waals surface area contributed by atoms with Crippen LogP contribution in [-0.4, -0.2) is 20.7 Å². The van der Waals surface area contributed by atoms with E-state index in [4.69, 9.17) is 5.73 Å². The van der Waals surface area contributed by atoms with Crippen molar-refractivity contribution in [3.05, 3.63) is 35.9 Å². The average molecular weight is 256 g/mol. The van der Waals surface area contributed by atoms with Crippen LogP contribution in [0.2, 0.25) is 0 Å². The fourth-order valence-corrected chi connectivity index (χ4v) is 3.21. The highest BCUT2D eigenvalue weighted by Gasteiger charge is 2.29. The van der Waals surface area contributed by atoms with Gasteiger partial charge in [0, 0.05) is 6.54 Å². The van der Waals surface area contributed by atoms with E-state index in [1.54, 1.807) is 6.92 Å². The smallest absolute Gasteiger partial charge is 0.212 e. The van der Waals surface area contributed by atoms with Crippen LogP contribution in [-0.2, 0) is 15.6 Å². The summed E-state index contributed by atoms with van der Waals surface area (Å²) < 4.78 is 26.3. The molecule has 0 aliphatic rings. The Morgan fingerprint density at radius 3 is 2.35 bits per heavy atom. The van der Waals surface area contributed by atoms with Crippen molar-refractivity contribution in [2.24, 2.45) is 5.73 Å². The Labute approximate surface area is 103 Å². The van der Waals surface area contributed by atoms with E-state index in [-0.39, 0.29) is 12.3 Å². The summed E-state index contributed by atoms with van der Waals surface area (Å²) in [6, 6.07) is 9.39. The van der Waals surface area contributed by atoms with E-state index < -0.39 is 15.6 Å². The van der Waals surface area contributed by atoms with Crippen LogP contribution in [0.25, 0.3) is 0 Å². The molecule has 1 atom stereocenters. The molecular weight excluding hydrogens is 236 g/mol. The maximum absolute atomic E-state index is 11.8. The molecule has 0 aromatic heterocycles. The maximum Gasteiger partial charge on any atom is 0.212 e. The Bertz CT molecular complexity index is 445. The molecule has 4 nitrogen and oxygen atoms in total. The Balaban J connectivity index is 2.98.